The highest BCUT2D eigenvalue weighted by Crippen LogP contribution is 2.71. The Bertz CT molecular complexity index is 1030. The third-order valence-electron chi connectivity index (χ3n) is 11.6. The summed E-state index contributed by atoms with van der Waals surface area (Å²) >= 11 is 0. The highest BCUT2D eigenvalue weighted by molar-refractivity contribution is 5.96. The average Bonchev–Trinajstić information content (AvgIpc) is 3.01. The van der Waals surface area contributed by atoms with Crippen molar-refractivity contribution < 1.29 is 34.8 Å². The molecular formula is C28H40O7. The van der Waals surface area contributed by atoms with Crippen molar-refractivity contribution in [3.63, 3.8) is 0 Å². The molecule has 0 bridgehead atoms. The number of carbonyl (C=O) groups is 2. The van der Waals surface area contributed by atoms with E-state index in [1.807, 2.05) is 26.8 Å². The number of aliphatic hydroxyl groups excluding tert-OH is 1. The molecule has 7 nitrogen and oxygen atoms in total. The van der Waals surface area contributed by atoms with Gasteiger partial charge in [0.1, 0.15) is 17.3 Å². The summed E-state index contributed by atoms with van der Waals surface area (Å²) in [5.41, 5.74) is -5.47. The van der Waals surface area contributed by atoms with E-state index < -0.39 is 51.7 Å². The number of carbonyl (C=O) groups excluding carboxylic acids is 2. The number of ketones is 1. The van der Waals surface area contributed by atoms with Crippen molar-refractivity contribution in [2.24, 2.45) is 28.6 Å². The summed E-state index contributed by atoms with van der Waals surface area (Å²) in [5.74, 6) is -1.20. The smallest absolute Gasteiger partial charge is 0.334 e. The molecule has 4 N–H and O–H groups in total. The van der Waals surface area contributed by atoms with Crippen LogP contribution in [0.2, 0.25) is 0 Å². The summed E-state index contributed by atoms with van der Waals surface area (Å²) in [6, 6.07) is 0. The summed E-state index contributed by atoms with van der Waals surface area (Å²) in [7, 11) is 0. The van der Waals surface area contributed by atoms with Gasteiger partial charge in [-0.25, -0.2) is 4.79 Å². The van der Waals surface area contributed by atoms with Gasteiger partial charge in [0.2, 0.25) is 0 Å². The minimum absolute atomic E-state index is 0.00158. The molecule has 3 fully saturated rings. The third kappa shape index (κ3) is 2.87. The van der Waals surface area contributed by atoms with Crippen LogP contribution < -0.4 is 0 Å². The molecule has 10 atom stereocenters. The summed E-state index contributed by atoms with van der Waals surface area (Å²) in [6.45, 7) is 8.80. The van der Waals surface area contributed by atoms with E-state index in [0.717, 1.165) is 5.57 Å². The number of hydrogen-bond acceptors (Lipinski definition) is 7. The minimum Gasteiger partial charge on any atom is -0.455 e. The van der Waals surface area contributed by atoms with Gasteiger partial charge in [-0.1, -0.05) is 25.5 Å². The molecule has 3 saturated carbocycles. The summed E-state index contributed by atoms with van der Waals surface area (Å²) < 4.78 is 5.61. The van der Waals surface area contributed by atoms with Gasteiger partial charge in [-0.15, -0.1) is 0 Å². The molecule has 35 heavy (non-hydrogen) atoms. The molecule has 5 aliphatic rings. The molecule has 0 amide bonds. The second kappa shape index (κ2) is 7.50. The number of allylic oxidation sites excluding steroid dienone is 2. The van der Waals surface area contributed by atoms with Crippen molar-refractivity contribution in [1.29, 1.82) is 0 Å². The van der Waals surface area contributed by atoms with Crippen LogP contribution >= 0.6 is 0 Å². The highest BCUT2D eigenvalue weighted by atomic mass is 16.6. The van der Waals surface area contributed by atoms with Gasteiger partial charge in [0, 0.05) is 28.7 Å². The predicted molar refractivity (Wildman–Crippen MR) is 128 cm³/mol. The highest BCUT2D eigenvalue weighted by Gasteiger charge is 2.77. The Morgan fingerprint density at radius 1 is 1.06 bits per heavy atom. The van der Waals surface area contributed by atoms with Crippen molar-refractivity contribution in [3.8, 4) is 0 Å². The summed E-state index contributed by atoms with van der Waals surface area (Å²) in [4.78, 5) is 25.6. The largest absolute Gasteiger partial charge is 0.455 e. The van der Waals surface area contributed by atoms with E-state index in [-0.39, 0.29) is 30.5 Å². The van der Waals surface area contributed by atoms with Gasteiger partial charge in [-0.2, -0.15) is 0 Å². The number of aliphatic hydroxyl groups is 4. The van der Waals surface area contributed by atoms with E-state index in [1.54, 1.807) is 13.0 Å². The Balaban J connectivity index is 1.54. The topological polar surface area (TPSA) is 124 Å². The van der Waals surface area contributed by atoms with Gasteiger partial charge in [0.05, 0.1) is 11.7 Å². The minimum atomic E-state index is -1.81. The first-order valence-corrected chi connectivity index (χ1v) is 13.1. The predicted octanol–water partition coefficient (Wildman–Crippen LogP) is 2.59. The molecule has 0 spiro atoms. The van der Waals surface area contributed by atoms with Gasteiger partial charge in [-0.05, 0) is 77.2 Å². The molecule has 194 valence electrons. The maximum Gasteiger partial charge on any atom is 0.334 e. The van der Waals surface area contributed by atoms with E-state index in [2.05, 4.69) is 0 Å². The van der Waals surface area contributed by atoms with Crippen molar-refractivity contribution in [1.82, 2.24) is 0 Å². The fraction of sp³-hybridized carbons (Fsp3) is 0.786. The Labute approximate surface area is 207 Å². The van der Waals surface area contributed by atoms with Crippen molar-refractivity contribution in [2.45, 2.75) is 109 Å². The van der Waals surface area contributed by atoms with Crippen LogP contribution in [0.25, 0.3) is 0 Å². The Morgan fingerprint density at radius 2 is 1.74 bits per heavy atom. The quantitative estimate of drug-likeness (QED) is 0.441. The van der Waals surface area contributed by atoms with Crippen LogP contribution in [-0.2, 0) is 14.3 Å². The molecule has 5 rings (SSSR count). The molecular weight excluding hydrogens is 448 g/mol. The van der Waals surface area contributed by atoms with Crippen LogP contribution in [0, 0.1) is 28.6 Å². The second-order valence-corrected chi connectivity index (χ2v) is 12.7. The van der Waals surface area contributed by atoms with Gasteiger partial charge in [0.15, 0.2) is 5.78 Å². The molecule has 4 aliphatic carbocycles. The van der Waals surface area contributed by atoms with E-state index in [4.69, 9.17) is 4.74 Å². The number of esters is 1. The lowest BCUT2D eigenvalue weighted by Gasteiger charge is -2.65. The van der Waals surface area contributed by atoms with E-state index in [9.17, 15) is 30.0 Å². The first-order chi connectivity index (χ1) is 16.1. The van der Waals surface area contributed by atoms with Crippen LogP contribution in [0.5, 0.6) is 0 Å². The lowest BCUT2D eigenvalue weighted by molar-refractivity contribution is -0.288. The Morgan fingerprint density at radius 3 is 2.40 bits per heavy atom. The molecule has 4 unspecified atom stereocenters. The molecule has 0 saturated heterocycles. The van der Waals surface area contributed by atoms with Gasteiger partial charge >= 0.3 is 5.97 Å². The normalized spacial score (nSPS) is 51.3. The summed E-state index contributed by atoms with van der Waals surface area (Å²) in [6.07, 6.45) is 4.49. The van der Waals surface area contributed by atoms with Crippen LogP contribution in [0.4, 0.5) is 0 Å². The zero-order valence-electron chi connectivity index (χ0n) is 21.5. The fourth-order valence-corrected chi connectivity index (χ4v) is 8.98. The van der Waals surface area contributed by atoms with E-state index in [0.29, 0.717) is 37.7 Å². The monoisotopic (exact) mass is 488 g/mol. The lowest BCUT2D eigenvalue weighted by atomic mass is 9.42. The molecule has 0 radical (unpaired) electrons. The van der Waals surface area contributed by atoms with Gasteiger partial charge < -0.3 is 25.2 Å². The number of ether oxygens (including phenoxy) is 1. The first-order valence-electron chi connectivity index (χ1n) is 13.1. The SMILES string of the molecule is CC1=C(C)C(=O)OC([C@](C)(O)[C@]2(O)CC[C@@]3(O)C4C[C@@H](O)C5CC=CC(=O)[C@]5(C)C4CC[C@]23C)C1. The number of fused-ring (bicyclic) bond motifs is 5. The van der Waals surface area contributed by atoms with E-state index in [1.165, 1.54) is 6.92 Å². The van der Waals surface area contributed by atoms with Crippen molar-refractivity contribution >= 4 is 11.8 Å². The number of cyclic esters (lactones) is 1. The van der Waals surface area contributed by atoms with Crippen LogP contribution in [0.3, 0.4) is 0 Å². The molecule has 1 heterocycles. The Kier molecular flexibility index (Phi) is 5.38. The Hall–Kier alpha value is -1.54. The molecule has 0 aromatic heterocycles. The average molecular weight is 489 g/mol. The van der Waals surface area contributed by atoms with Crippen LogP contribution in [0.1, 0.15) is 79.6 Å². The van der Waals surface area contributed by atoms with Crippen molar-refractivity contribution in [2.75, 3.05) is 0 Å². The van der Waals surface area contributed by atoms with Crippen molar-refractivity contribution in [3.05, 3.63) is 23.3 Å². The van der Waals surface area contributed by atoms with Crippen LogP contribution in [-0.4, -0.2) is 61.2 Å². The molecule has 0 aromatic carbocycles. The first kappa shape index (κ1) is 25.1. The zero-order chi connectivity index (χ0) is 25.8. The fourth-order valence-electron chi connectivity index (χ4n) is 8.98. The summed E-state index contributed by atoms with van der Waals surface area (Å²) in [5, 5.41) is 47.7. The molecule has 1 aliphatic heterocycles. The lowest BCUT2D eigenvalue weighted by Crippen LogP contribution is -2.73. The maximum atomic E-state index is 13.2. The second-order valence-electron chi connectivity index (χ2n) is 12.7. The van der Waals surface area contributed by atoms with Gasteiger partial charge in [0.25, 0.3) is 0 Å². The molecule has 7 heteroatoms. The van der Waals surface area contributed by atoms with Gasteiger partial charge in [-0.3, -0.25) is 4.79 Å². The zero-order valence-corrected chi connectivity index (χ0v) is 21.5. The number of rotatable bonds is 2. The standard InChI is InChI=1S/C28H40O7/c1-15-13-22(35-23(31)16(15)2)26(5,32)28(34)12-11-27(33)19-14-20(29)18-7-6-8-21(30)25(18,4)17(19)9-10-24(27,28)3/h6,8,17-20,22,29,32-34H,7,9-14H2,1-5H3/t17?,18?,19?,20-,22?,24+,25-,26+,27-,28+/m1/s1. The third-order valence-corrected chi connectivity index (χ3v) is 11.6. The number of hydrogen-bond donors (Lipinski definition) is 4. The van der Waals surface area contributed by atoms with E-state index >= 15 is 0 Å². The maximum absolute atomic E-state index is 13.2. The molecule has 0 aromatic rings. The van der Waals surface area contributed by atoms with Crippen LogP contribution in [0.15, 0.2) is 23.3 Å².